The van der Waals surface area contributed by atoms with Crippen LogP contribution in [0.3, 0.4) is 0 Å². The smallest absolute Gasteiger partial charge is 0.238 e. The fourth-order valence-electron chi connectivity index (χ4n) is 3.80. The molecule has 0 radical (unpaired) electrons. The molecule has 0 bridgehead atoms. The number of para-hydroxylation sites is 2. The number of anilines is 1. The zero-order valence-electron chi connectivity index (χ0n) is 20.3. The molecule has 0 spiro atoms. The van der Waals surface area contributed by atoms with Crippen molar-refractivity contribution >= 4 is 40.1 Å². The van der Waals surface area contributed by atoms with Crippen LogP contribution in [0.15, 0.2) is 83.9 Å². The molecule has 1 heterocycles. The van der Waals surface area contributed by atoms with Crippen LogP contribution < -0.4 is 14.8 Å². The quantitative estimate of drug-likeness (QED) is 0.429. The molecule has 0 saturated carbocycles. The van der Waals surface area contributed by atoms with E-state index in [0.29, 0.717) is 41.9 Å². The van der Waals surface area contributed by atoms with Gasteiger partial charge >= 0.3 is 0 Å². The van der Waals surface area contributed by atoms with E-state index in [9.17, 15) is 9.59 Å². The normalized spacial score (nSPS) is 16.6. The summed E-state index contributed by atoms with van der Waals surface area (Å²) in [6, 6.07) is 24.6. The van der Waals surface area contributed by atoms with E-state index in [0.717, 1.165) is 11.3 Å². The van der Waals surface area contributed by atoms with Crippen LogP contribution in [0.2, 0.25) is 0 Å². The minimum atomic E-state index is -0.614. The Hall–Kier alpha value is -3.78. The number of hydrogen-bond donors (Lipinski definition) is 1. The molecule has 1 fully saturated rings. The minimum absolute atomic E-state index is 0.0860. The molecule has 186 valence electrons. The van der Waals surface area contributed by atoms with Crippen LogP contribution in [0.25, 0.3) is 0 Å². The number of carbonyl (C=O) groups is 2. The average molecular weight is 504 g/mol. The number of benzene rings is 3. The van der Waals surface area contributed by atoms with Gasteiger partial charge in [0.15, 0.2) is 5.17 Å². The molecule has 3 aromatic rings. The monoisotopic (exact) mass is 503 g/mol. The van der Waals surface area contributed by atoms with Crippen molar-refractivity contribution in [1.29, 1.82) is 0 Å². The van der Waals surface area contributed by atoms with Gasteiger partial charge in [-0.15, -0.1) is 0 Å². The molecule has 1 unspecified atom stereocenters. The highest BCUT2D eigenvalue weighted by Gasteiger charge is 2.36. The van der Waals surface area contributed by atoms with Gasteiger partial charge in [0.05, 0.1) is 25.1 Å². The lowest BCUT2D eigenvalue weighted by Gasteiger charge is -2.32. The van der Waals surface area contributed by atoms with E-state index in [4.69, 9.17) is 14.5 Å². The number of nitrogens with one attached hydrogen (secondary N) is 1. The standard InChI is InChI=1S/C28H29N3O4S/c1-3-35-22-15-13-21(14-16-22)29-28-31(18-17-20-9-5-4-6-10-20)26(32)19-25(36-28)27(33)30-23-11-7-8-12-24(23)34-2/h4-16,25H,3,17-19H2,1-2H3,(H,30,33). The Balaban J connectivity index is 1.56. The zero-order chi connectivity index (χ0) is 25.3. The molecule has 1 N–H and O–H groups in total. The Bertz CT molecular complexity index is 1210. The van der Waals surface area contributed by atoms with Crippen molar-refractivity contribution in [3.05, 3.63) is 84.4 Å². The minimum Gasteiger partial charge on any atom is -0.495 e. The SMILES string of the molecule is CCOc1ccc(N=C2SC(C(=O)Nc3ccccc3OC)CC(=O)N2CCc2ccccc2)cc1. The summed E-state index contributed by atoms with van der Waals surface area (Å²) in [7, 11) is 1.55. The predicted molar refractivity (Wildman–Crippen MR) is 144 cm³/mol. The molecule has 3 aromatic carbocycles. The van der Waals surface area contributed by atoms with Crippen molar-refractivity contribution in [3.8, 4) is 11.5 Å². The molecule has 0 aromatic heterocycles. The van der Waals surface area contributed by atoms with Gasteiger partial charge < -0.3 is 14.8 Å². The van der Waals surface area contributed by atoms with Crippen molar-refractivity contribution in [1.82, 2.24) is 4.90 Å². The molecule has 1 saturated heterocycles. The van der Waals surface area contributed by atoms with Crippen molar-refractivity contribution in [2.45, 2.75) is 25.0 Å². The highest BCUT2D eigenvalue weighted by Crippen LogP contribution is 2.32. The van der Waals surface area contributed by atoms with Gasteiger partial charge in [0.25, 0.3) is 0 Å². The third-order valence-corrected chi connectivity index (χ3v) is 6.82. The lowest BCUT2D eigenvalue weighted by atomic mass is 10.1. The number of amidine groups is 1. The summed E-state index contributed by atoms with van der Waals surface area (Å²) in [5.74, 6) is 0.920. The molecule has 36 heavy (non-hydrogen) atoms. The van der Waals surface area contributed by atoms with Crippen LogP contribution >= 0.6 is 11.8 Å². The van der Waals surface area contributed by atoms with Crippen molar-refractivity contribution in [3.63, 3.8) is 0 Å². The number of nitrogens with zero attached hydrogens (tertiary/aromatic N) is 2. The fraction of sp³-hybridized carbons (Fsp3) is 0.250. The lowest BCUT2D eigenvalue weighted by molar-refractivity contribution is -0.129. The van der Waals surface area contributed by atoms with E-state index < -0.39 is 5.25 Å². The molecular formula is C28H29N3O4S. The number of thioether (sulfide) groups is 1. The van der Waals surface area contributed by atoms with Crippen molar-refractivity contribution < 1.29 is 19.1 Å². The summed E-state index contributed by atoms with van der Waals surface area (Å²) < 4.78 is 10.9. The van der Waals surface area contributed by atoms with Crippen LogP contribution in [0.1, 0.15) is 18.9 Å². The second kappa shape index (κ2) is 12.3. The second-order valence-corrected chi connectivity index (χ2v) is 9.27. The van der Waals surface area contributed by atoms with Crippen LogP contribution in [0.5, 0.6) is 11.5 Å². The van der Waals surface area contributed by atoms with E-state index in [2.05, 4.69) is 5.32 Å². The summed E-state index contributed by atoms with van der Waals surface area (Å²) in [6.07, 6.45) is 0.774. The topological polar surface area (TPSA) is 80.2 Å². The number of ether oxygens (including phenoxy) is 2. The van der Waals surface area contributed by atoms with Crippen LogP contribution in [0.4, 0.5) is 11.4 Å². The van der Waals surface area contributed by atoms with E-state index in [1.165, 1.54) is 11.8 Å². The first-order valence-electron chi connectivity index (χ1n) is 11.8. The third-order valence-electron chi connectivity index (χ3n) is 5.64. The highest BCUT2D eigenvalue weighted by molar-refractivity contribution is 8.15. The number of aliphatic imine (C=N–C) groups is 1. The first kappa shape index (κ1) is 25.3. The summed E-state index contributed by atoms with van der Waals surface area (Å²) in [6.45, 7) is 2.99. The maximum Gasteiger partial charge on any atom is 0.238 e. The molecule has 0 aliphatic carbocycles. The Kier molecular flexibility index (Phi) is 8.62. The molecule has 7 nitrogen and oxygen atoms in total. The van der Waals surface area contributed by atoms with Gasteiger partial charge in [-0.25, -0.2) is 4.99 Å². The van der Waals surface area contributed by atoms with Crippen molar-refractivity contribution in [2.24, 2.45) is 4.99 Å². The Morgan fingerprint density at radius 3 is 2.50 bits per heavy atom. The Labute approximate surface area is 215 Å². The number of rotatable bonds is 9. The Morgan fingerprint density at radius 2 is 1.78 bits per heavy atom. The van der Waals surface area contributed by atoms with Gasteiger partial charge in [0.1, 0.15) is 16.7 Å². The highest BCUT2D eigenvalue weighted by atomic mass is 32.2. The molecular weight excluding hydrogens is 474 g/mol. The largest absolute Gasteiger partial charge is 0.495 e. The average Bonchev–Trinajstić information content (AvgIpc) is 2.90. The van der Waals surface area contributed by atoms with E-state index in [1.807, 2.05) is 73.7 Å². The maximum absolute atomic E-state index is 13.3. The number of carbonyl (C=O) groups excluding carboxylic acids is 2. The number of methoxy groups -OCH3 is 1. The van der Waals surface area contributed by atoms with E-state index in [-0.39, 0.29) is 18.2 Å². The molecule has 1 atom stereocenters. The van der Waals surface area contributed by atoms with Gasteiger partial charge in [-0.05, 0) is 55.3 Å². The van der Waals surface area contributed by atoms with Crippen LogP contribution in [-0.2, 0) is 16.0 Å². The summed E-state index contributed by atoms with van der Waals surface area (Å²) in [5.41, 5.74) is 2.38. The lowest BCUT2D eigenvalue weighted by Crippen LogP contribution is -2.46. The van der Waals surface area contributed by atoms with E-state index >= 15 is 0 Å². The van der Waals surface area contributed by atoms with Gasteiger partial charge in [0, 0.05) is 13.0 Å². The van der Waals surface area contributed by atoms with Crippen LogP contribution in [-0.4, -0.2) is 47.4 Å². The van der Waals surface area contributed by atoms with Crippen molar-refractivity contribution in [2.75, 3.05) is 25.6 Å². The predicted octanol–water partition coefficient (Wildman–Crippen LogP) is 5.30. The van der Waals surface area contributed by atoms with Gasteiger partial charge in [-0.2, -0.15) is 0 Å². The first-order valence-corrected chi connectivity index (χ1v) is 12.7. The van der Waals surface area contributed by atoms with Gasteiger partial charge in [0.2, 0.25) is 11.8 Å². The molecule has 1 aliphatic heterocycles. The maximum atomic E-state index is 13.3. The second-order valence-electron chi connectivity index (χ2n) is 8.10. The van der Waals surface area contributed by atoms with Crippen LogP contribution in [0, 0.1) is 0 Å². The zero-order valence-corrected chi connectivity index (χ0v) is 21.2. The number of hydrogen-bond acceptors (Lipinski definition) is 6. The summed E-state index contributed by atoms with van der Waals surface area (Å²) in [4.78, 5) is 32.8. The number of amides is 2. The third kappa shape index (κ3) is 6.46. The van der Waals surface area contributed by atoms with E-state index in [1.54, 1.807) is 24.1 Å². The Morgan fingerprint density at radius 1 is 1.06 bits per heavy atom. The molecule has 4 rings (SSSR count). The molecule has 8 heteroatoms. The molecule has 1 aliphatic rings. The fourth-order valence-corrected chi connectivity index (χ4v) is 4.93. The van der Waals surface area contributed by atoms with Gasteiger partial charge in [-0.3, -0.25) is 14.5 Å². The summed E-state index contributed by atoms with van der Waals surface area (Å²) in [5, 5.41) is 2.80. The first-order chi connectivity index (χ1) is 17.6. The summed E-state index contributed by atoms with van der Waals surface area (Å²) >= 11 is 1.30. The van der Waals surface area contributed by atoms with Gasteiger partial charge in [-0.1, -0.05) is 54.2 Å². The molecule has 2 amide bonds.